The van der Waals surface area contributed by atoms with Gasteiger partial charge in [0.15, 0.2) is 0 Å². The van der Waals surface area contributed by atoms with Gasteiger partial charge in [-0.1, -0.05) is 6.07 Å². The summed E-state index contributed by atoms with van der Waals surface area (Å²) >= 11 is 5.36. The zero-order valence-corrected chi connectivity index (χ0v) is 10.9. The lowest BCUT2D eigenvalue weighted by atomic mass is 10.1. The van der Waals surface area contributed by atoms with Gasteiger partial charge < -0.3 is 14.8 Å². The highest BCUT2D eigenvalue weighted by atomic mass is 35.5. The van der Waals surface area contributed by atoms with E-state index in [9.17, 15) is 9.59 Å². The molecule has 0 aliphatic rings. The van der Waals surface area contributed by atoms with Crippen molar-refractivity contribution in [3.8, 4) is 5.75 Å². The van der Waals surface area contributed by atoms with Gasteiger partial charge in [0.2, 0.25) is 5.91 Å². The van der Waals surface area contributed by atoms with Crippen LogP contribution in [-0.4, -0.2) is 32.0 Å². The lowest BCUT2D eigenvalue weighted by Gasteiger charge is -2.09. The van der Waals surface area contributed by atoms with Crippen molar-refractivity contribution in [1.82, 2.24) is 5.32 Å². The Morgan fingerprint density at radius 1 is 1.33 bits per heavy atom. The summed E-state index contributed by atoms with van der Waals surface area (Å²) < 4.78 is 9.71. The third kappa shape index (κ3) is 3.63. The van der Waals surface area contributed by atoms with Crippen LogP contribution in [0.3, 0.4) is 0 Å². The van der Waals surface area contributed by atoms with Gasteiger partial charge in [0.25, 0.3) is 0 Å². The summed E-state index contributed by atoms with van der Waals surface area (Å²) in [4.78, 5) is 22.6. The van der Waals surface area contributed by atoms with Crippen molar-refractivity contribution in [2.24, 2.45) is 0 Å². The number of alkyl halides is 1. The van der Waals surface area contributed by atoms with Crippen LogP contribution in [0.5, 0.6) is 5.75 Å². The molecule has 0 unspecified atom stereocenters. The molecule has 0 aromatic heterocycles. The van der Waals surface area contributed by atoms with Gasteiger partial charge in [-0.15, -0.1) is 11.6 Å². The average Bonchev–Trinajstić information content (AvgIpc) is 2.43. The van der Waals surface area contributed by atoms with E-state index in [-0.39, 0.29) is 11.8 Å². The zero-order chi connectivity index (χ0) is 13.5. The molecule has 1 N–H and O–H groups in total. The fourth-order valence-electron chi connectivity index (χ4n) is 1.38. The molecule has 1 aromatic rings. The Balaban J connectivity index is 2.89. The molecule has 0 saturated heterocycles. The fourth-order valence-corrected chi connectivity index (χ4v) is 1.48. The van der Waals surface area contributed by atoms with Crippen LogP contribution in [0.4, 0.5) is 0 Å². The van der Waals surface area contributed by atoms with Crippen molar-refractivity contribution < 1.29 is 19.1 Å². The van der Waals surface area contributed by atoms with Crippen molar-refractivity contribution >= 4 is 23.5 Å². The highest BCUT2D eigenvalue weighted by Gasteiger charge is 2.13. The van der Waals surface area contributed by atoms with E-state index < -0.39 is 5.97 Å². The molecule has 18 heavy (non-hydrogen) atoms. The second-order valence-corrected chi connectivity index (χ2v) is 3.70. The third-order valence-electron chi connectivity index (χ3n) is 2.28. The molecule has 5 nitrogen and oxygen atoms in total. The first-order valence-electron chi connectivity index (χ1n) is 5.20. The van der Waals surface area contributed by atoms with Crippen LogP contribution in [0.1, 0.15) is 15.9 Å². The van der Waals surface area contributed by atoms with Gasteiger partial charge in [-0.3, -0.25) is 4.79 Å². The molecule has 1 rings (SSSR count). The maximum atomic E-state index is 11.5. The minimum atomic E-state index is -0.489. The largest absolute Gasteiger partial charge is 0.496 e. The van der Waals surface area contributed by atoms with Crippen molar-refractivity contribution in [2.45, 2.75) is 6.54 Å². The number of amides is 1. The maximum Gasteiger partial charge on any atom is 0.341 e. The Bertz CT molecular complexity index is 448. The molecule has 0 fully saturated rings. The molecule has 0 saturated carbocycles. The molecule has 0 heterocycles. The summed E-state index contributed by atoms with van der Waals surface area (Å²) in [6.45, 7) is 0.291. The summed E-state index contributed by atoms with van der Waals surface area (Å²) in [5.41, 5.74) is 1.08. The third-order valence-corrected chi connectivity index (χ3v) is 2.52. The van der Waals surface area contributed by atoms with E-state index in [4.69, 9.17) is 16.3 Å². The van der Waals surface area contributed by atoms with Crippen LogP contribution in [-0.2, 0) is 16.1 Å². The van der Waals surface area contributed by atoms with Crippen LogP contribution in [0.15, 0.2) is 18.2 Å². The quantitative estimate of drug-likeness (QED) is 0.648. The SMILES string of the molecule is COC(=O)c1cc(CNC(=O)CCl)ccc1OC. The Kier molecular flexibility index (Phi) is 5.45. The normalized spacial score (nSPS) is 9.72. The first-order chi connectivity index (χ1) is 8.62. The number of methoxy groups -OCH3 is 2. The summed E-state index contributed by atoms with van der Waals surface area (Å²) in [7, 11) is 2.76. The smallest absolute Gasteiger partial charge is 0.341 e. The molecule has 1 amide bonds. The fraction of sp³-hybridized carbons (Fsp3) is 0.333. The first kappa shape index (κ1) is 14.3. The molecular weight excluding hydrogens is 258 g/mol. The van der Waals surface area contributed by atoms with E-state index in [1.165, 1.54) is 14.2 Å². The number of hydrogen-bond acceptors (Lipinski definition) is 4. The van der Waals surface area contributed by atoms with E-state index in [1.54, 1.807) is 18.2 Å². The Hall–Kier alpha value is -1.75. The minimum Gasteiger partial charge on any atom is -0.496 e. The van der Waals surface area contributed by atoms with Crippen molar-refractivity contribution in [3.05, 3.63) is 29.3 Å². The highest BCUT2D eigenvalue weighted by molar-refractivity contribution is 6.27. The Labute approximate surface area is 110 Å². The number of halogens is 1. The van der Waals surface area contributed by atoms with E-state index >= 15 is 0 Å². The monoisotopic (exact) mass is 271 g/mol. The van der Waals surface area contributed by atoms with E-state index in [0.29, 0.717) is 17.9 Å². The average molecular weight is 272 g/mol. The molecule has 0 atom stereocenters. The topological polar surface area (TPSA) is 64.6 Å². The number of carbonyl (C=O) groups is 2. The van der Waals surface area contributed by atoms with Crippen LogP contribution < -0.4 is 10.1 Å². The van der Waals surface area contributed by atoms with Gasteiger partial charge in [-0.25, -0.2) is 4.79 Å². The number of benzene rings is 1. The molecule has 0 aliphatic carbocycles. The van der Waals surface area contributed by atoms with Crippen LogP contribution in [0.2, 0.25) is 0 Å². The van der Waals surface area contributed by atoms with Crippen LogP contribution in [0, 0.1) is 0 Å². The first-order valence-corrected chi connectivity index (χ1v) is 5.73. The Morgan fingerprint density at radius 2 is 2.06 bits per heavy atom. The molecular formula is C12H14ClNO4. The minimum absolute atomic E-state index is 0.0972. The summed E-state index contributed by atoms with van der Waals surface area (Å²) in [5, 5.41) is 2.61. The van der Waals surface area contributed by atoms with Gasteiger partial charge in [-0.2, -0.15) is 0 Å². The van der Waals surface area contributed by atoms with Gasteiger partial charge >= 0.3 is 5.97 Å². The van der Waals surface area contributed by atoms with Gasteiger partial charge in [0.05, 0.1) is 14.2 Å². The standard InChI is InChI=1S/C12H14ClNO4/c1-17-10-4-3-8(7-14-11(15)6-13)5-9(10)12(16)18-2/h3-5H,6-7H2,1-2H3,(H,14,15). The van der Waals surface area contributed by atoms with Gasteiger partial charge in [-0.05, 0) is 17.7 Å². The van der Waals surface area contributed by atoms with Gasteiger partial charge in [0.1, 0.15) is 17.2 Å². The zero-order valence-electron chi connectivity index (χ0n) is 10.2. The predicted octanol–water partition coefficient (Wildman–Crippen LogP) is 1.34. The predicted molar refractivity (Wildman–Crippen MR) is 66.9 cm³/mol. The van der Waals surface area contributed by atoms with E-state index in [2.05, 4.69) is 10.1 Å². The Morgan fingerprint density at radius 3 is 2.61 bits per heavy atom. The summed E-state index contributed by atoms with van der Waals surface area (Å²) in [6, 6.07) is 5.01. The molecule has 98 valence electrons. The molecule has 0 radical (unpaired) electrons. The van der Waals surface area contributed by atoms with E-state index in [0.717, 1.165) is 5.56 Å². The number of rotatable bonds is 5. The highest BCUT2D eigenvalue weighted by Crippen LogP contribution is 2.20. The summed E-state index contributed by atoms with van der Waals surface area (Å²) in [6.07, 6.45) is 0. The maximum absolute atomic E-state index is 11.5. The molecule has 0 bridgehead atoms. The second kappa shape index (κ2) is 6.86. The molecule has 1 aromatic carbocycles. The van der Waals surface area contributed by atoms with Crippen LogP contribution in [0.25, 0.3) is 0 Å². The molecule has 0 spiro atoms. The van der Waals surface area contributed by atoms with Crippen LogP contribution >= 0.6 is 11.6 Å². The van der Waals surface area contributed by atoms with Gasteiger partial charge in [0, 0.05) is 6.54 Å². The molecule has 6 heteroatoms. The molecule has 0 aliphatic heterocycles. The number of esters is 1. The van der Waals surface area contributed by atoms with Crippen molar-refractivity contribution in [2.75, 3.05) is 20.1 Å². The lowest BCUT2D eigenvalue weighted by molar-refractivity contribution is -0.118. The number of hydrogen-bond donors (Lipinski definition) is 1. The number of nitrogens with one attached hydrogen (secondary N) is 1. The van der Waals surface area contributed by atoms with Crippen molar-refractivity contribution in [3.63, 3.8) is 0 Å². The second-order valence-electron chi connectivity index (χ2n) is 3.44. The van der Waals surface area contributed by atoms with Crippen molar-refractivity contribution in [1.29, 1.82) is 0 Å². The number of carbonyl (C=O) groups excluding carboxylic acids is 2. The van der Waals surface area contributed by atoms with E-state index in [1.807, 2.05) is 0 Å². The number of ether oxygens (including phenoxy) is 2. The summed E-state index contributed by atoms with van der Waals surface area (Å²) in [5.74, 6) is -0.432. The lowest BCUT2D eigenvalue weighted by Crippen LogP contribution is -2.23.